The lowest BCUT2D eigenvalue weighted by molar-refractivity contribution is -0.141. The summed E-state index contributed by atoms with van der Waals surface area (Å²) in [6.45, 7) is 2.22. The third-order valence-corrected chi connectivity index (χ3v) is 3.06. The molecule has 0 aliphatic carbocycles. The molecule has 1 heterocycles. The molecule has 0 saturated carbocycles. The minimum absolute atomic E-state index is 0.0447. The molecule has 1 aromatic carbocycles. The first-order valence-corrected chi connectivity index (χ1v) is 6.56. The fourth-order valence-corrected chi connectivity index (χ4v) is 1.92. The van der Waals surface area contributed by atoms with E-state index in [0.29, 0.717) is 12.2 Å². The number of methoxy groups -OCH3 is 1. The maximum atomic E-state index is 12.0. The van der Waals surface area contributed by atoms with Gasteiger partial charge in [0, 0.05) is 5.69 Å². The van der Waals surface area contributed by atoms with Gasteiger partial charge in [-0.1, -0.05) is 23.4 Å². The van der Waals surface area contributed by atoms with Crippen molar-refractivity contribution >= 4 is 11.7 Å². The Bertz CT molecular complexity index is 612. The summed E-state index contributed by atoms with van der Waals surface area (Å²) in [4.78, 5) is 12.0. The number of nitrogens with one attached hydrogen (secondary N) is 1. The van der Waals surface area contributed by atoms with E-state index in [9.17, 15) is 4.79 Å². The second-order valence-corrected chi connectivity index (χ2v) is 4.55. The second kappa shape index (κ2) is 6.85. The van der Waals surface area contributed by atoms with Gasteiger partial charge in [-0.3, -0.25) is 0 Å². The number of rotatable bonds is 6. The van der Waals surface area contributed by atoms with Gasteiger partial charge in [-0.05, 0) is 18.6 Å². The number of aliphatic hydroxyl groups excluding tert-OH is 1. The van der Waals surface area contributed by atoms with E-state index in [1.54, 1.807) is 6.20 Å². The zero-order valence-corrected chi connectivity index (χ0v) is 12.0. The summed E-state index contributed by atoms with van der Waals surface area (Å²) in [6.07, 6.45) is 1.61. The molecule has 0 saturated heterocycles. The minimum Gasteiger partial charge on any atom is -0.467 e. The van der Waals surface area contributed by atoms with E-state index in [1.807, 2.05) is 31.2 Å². The SMILES string of the molecule is COC(=O)C(Nc1ccccc1C)c1cn(CCO)nn1. The first-order chi connectivity index (χ1) is 10.2. The Balaban J connectivity index is 2.26. The number of carbonyl (C=O) groups is 1. The predicted molar refractivity (Wildman–Crippen MR) is 76.7 cm³/mol. The van der Waals surface area contributed by atoms with Crippen molar-refractivity contribution in [3.05, 3.63) is 41.7 Å². The molecule has 1 atom stereocenters. The van der Waals surface area contributed by atoms with E-state index in [-0.39, 0.29) is 6.61 Å². The van der Waals surface area contributed by atoms with Crippen molar-refractivity contribution in [2.75, 3.05) is 19.0 Å². The molecule has 1 unspecified atom stereocenters. The van der Waals surface area contributed by atoms with Gasteiger partial charge >= 0.3 is 5.97 Å². The molecule has 2 aromatic rings. The largest absolute Gasteiger partial charge is 0.467 e. The number of hydrogen-bond donors (Lipinski definition) is 2. The first kappa shape index (κ1) is 15.0. The van der Waals surface area contributed by atoms with Crippen LogP contribution in [0.1, 0.15) is 17.3 Å². The Morgan fingerprint density at radius 1 is 1.48 bits per heavy atom. The molecular weight excluding hydrogens is 272 g/mol. The van der Waals surface area contributed by atoms with Gasteiger partial charge in [-0.25, -0.2) is 9.48 Å². The van der Waals surface area contributed by atoms with Crippen LogP contribution in [0.15, 0.2) is 30.5 Å². The smallest absolute Gasteiger partial charge is 0.334 e. The van der Waals surface area contributed by atoms with Crippen LogP contribution in [0.5, 0.6) is 0 Å². The van der Waals surface area contributed by atoms with Crippen molar-refractivity contribution in [3.8, 4) is 0 Å². The number of anilines is 1. The van der Waals surface area contributed by atoms with Crippen molar-refractivity contribution in [1.82, 2.24) is 15.0 Å². The first-order valence-electron chi connectivity index (χ1n) is 6.56. The van der Waals surface area contributed by atoms with Gasteiger partial charge in [-0.2, -0.15) is 0 Å². The third-order valence-electron chi connectivity index (χ3n) is 3.06. The fourth-order valence-electron chi connectivity index (χ4n) is 1.92. The Hall–Kier alpha value is -2.41. The normalized spacial score (nSPS) is 12.0. The summed E-state index contributed by atoms with van der Waals surface area (Å²) in [5.41, 5.74) is 2.28. The number of esters is 1. The van der Waals surface area contributed by atoms with Crippen molar-refractivity contribution < 1.29 is 14.6 Å². The summed E-state index contributed by atoms with van der Waals surface area (Å²) in [5.74, 6) is -0.450. The van der Waals surface area contributed by atoms with Crippen molar-refractivity contribution in [3.63, 3.8) is 0 Å². The lowest BCUT2D eigenvalue weighted by Gasteiger charge is -2.16. The molecule has 0 bridgehead atoms. The Kier molecular flexibility index (Phi) is 4.89. The molecule has 2 N–H and O–H groups in total. The zero-order chi connectivity index (χ0) is 15.2. The van der Waals surface area contributed by atoms with Gasteiger partial charge < -0.3 is 15.2 Å². The highest BCUT2D eigenvalue weighted by molar-refractivity contribution is 5.80. The minimum atomic E-state index is -0.747. The lowest BCUT2D eigenvalue weighted by atomic mass is 10.1. The molecule has 21 heavy (non-hydrogen) atoms. The predicted octanol–water partition coefficient (Wildman–Crippen LogP) is 0.905. The number of carbonyl (C=O) groups excluding carboxylic acids is 1. The van der Waals surface area contributed by atoms with Gasteiger partial charge in [0.1, 0.15) is 5.69 Å². The number of aliphatic hydroxyl groups is 1. The van der Waals surface area contributed by atoms with Crippen LogP contribution in [0.4, 0.5) is 5.69 Å². The average molecular weight is 290 g/mol. The molecule has 0 fully saturated rings. The maximum absolute atomic E-state index is 12.0. The summed E-state index contributed by atoms with van der Waals surface area (Å²) >= 11 is 0. The molecular formula is C14H18N4O3. The molecule has 0 radical (unpaired) electrons. The van der Waals surface area contributed by atoms with Gasteiger partial charge in [0.2, 0.25) is 0 Å². The van der Waals surface area contributed by atoms with Crippen LogP contribution in [0.3, 0.4) is 0 Å². The Labute approximate surface area is 122 Å². The Morgan fingerprint density at radius 3 is 2.90 bits per heavy atom. The van der Waals surface area contributed by atoms with Crippen molar-refractivity contribution in [1.29, 1.82) is 0 Å². The number of ether oxygens (including phenoxy) is 1. The highest BCUT2D eigenvalue weighted by Gasteiger charge is 2.25. The van der Waals surface area contributed by atoms with Crippen LogP contribution < -0.4 is 5.32 Å². The number of para-hydroxylation sites is 1. The van der Waals surface area contributed by atoms with Crippen LogP contribution in [0.25, 0.3) is 0 Å². The summed E-state index contributed by atoms with van der Waals surface area (Å²) in [7, 11) is 1.33. The highest BCUT2D eigenvalue weighted by atomic mass is 16.5. The molecule has 112 valence electrons. The highest BCUT2D eigenvalue weighted by Crippen LogP contribution is 2.21. The van der Waals surface area contributed by atoms with Gasteiger partial charge in [0.25, 0.3) is 0 Å². The summed E-state index contributed by atoms with van der Waals surface area (Å²) < 4.78 is 6.30. The fraction of sp³-hybridized carbons (Fsp3) is 0.357. The molecule has 2 rings (SSSR count). The molecule has 0 aliphatic rings. The number of benzene rings is 1. The second-order valence-electron chi connectivity index (χ2n) is 4.55. The Morgan fingerprint density at radius 2 is 2.24 bits per heavy atom. The van der Waals surface area contributed by atoms with Gasteiger partial charge in [-0.15, -0.1) is 5.10 Å². The van der Waals surface area contributed by atoms with E-state index in [4.69, 9.17) is 9.84 Å². The van der Waals surface area contributed by atoms with E-state index in [0.717, 1.165) is 11.3 Å². The van der Waals surface area contributed by atoms with Crippen LogP contribution >= 0.6 is 0 Å². The van der Waals surface area contributed by atoms with E-state index >= 15 is 0 Å². The third kappa shape index (κ3) is 3.57. The quantitative estimate of drug-likeness (QED) is 0.769. The maximum Gasteiger partial charge on any atom is 0.334 e. The van der Waals surface area contributed by atoms with E-state index in [1.165, 1.54) is 11.8 Å². The summed E-state index contributed by atoms with van der Waals surface area (Å²) in [6, 6.07) is 6.88. The van der Waals surface area contributed by atoms with E-state index < -0.39 is 12.0 Å². The topological polar surface area (TPSA) is 89.3 Å². The number of aryl methyl sites for hydroxylation is 1. The monoisotopic (exact) mass is 290 g/mol. The summed E-state index contributed by atoms with van der Waals surface area (Å²) in [5, 5.41) is 19.9. The number of aromatic nitrogens is 3. The van der Waals surface area contributed by atoms with E-state index in [2.05, 4.69) is 15.6 Å². The van der Waals surface area contributed by atoms with Crippen molar-refractivity contribution in [2.45, 2.75) is 19.5 Å². The molecule has 7 heteroatoms. The molecule has 0 spiro atoms. The molecule has 0 aliphatic heterocycles. The van der Waals surface area contributed by atoms with Crippen LogP contribution in [-0.4, -0.2) is 39.8 Å². The van der Waals surface area contributed by atoms with Crippen LogP contribution in [0, 0.1) is 6.92 Å². The zero-order valence-electron chi connectivity index (χ0n) is 12.0. The lowest BCUT2D eigenvalue weighted by Crippen LogP contribution is -2.23. The van der Waals surface area contributed by atoms with Crippen LogP contribution in [0.2, 0.25) is 0 Å². The van der Waals surface area contributed by atoms with Gasteiger partial charge in [0.05, 0.1) is 26.5 Å². The number of hydrogen-bond acceptors (Lipinski definition) is 6. The van der Waals surface area contributed by atoms with Crippen molar-refractivity contribution in [2.24, 2.45) is 0 Å². The molecule has 0 amide bonds. The average Bonchev–Trinajstić information content (AvgIpc) is 2.94. The standard InChI is InChI=1S/C14H18N4O3/c1-10-5-3-4-6-11(10)15-13(14(20)21-2)12-9-18(7-8-19)17-16-12/h3-6,9,13,15,19H,7-8H2,1-2H3. The van der Waals surface area contributed by atoms with Gasteiger partial charge in [0.15, 0.2) is 6.04 Å². The number of nitrogens with zero attached hydrogens (tertiary/aromatic N) is 3. The molecule has 1 aromatic heterocycles. The molecule has 7 nitrogen and oxygen atoms in total. The van der Waals surface area contributed by atoms with Crippen LogP contribution in [-0.2, 0) is 16.1 Å².